The van der Waals surface area contributed by atoms with Gasteiger partial charge >= 0.3 is 0 Å². The first kappa shape index (κ1) is 23.6. The third-order valence-corrected chi connectivity index (χ3v) is 8.02. The number of hydrogen-bond donors (Lipinski definition) is 1. The van der Waals surface area contributed by atoms with Crippen molar-refractivity contribution in [1.82, 2.24) is 5.32 Å². The number of amides is 1. The summed E-state index contributed by atoms with van der Waals surface area (Å²) >= 11 is 3.35. The van der Waals surface area contributed by atoms with Crippen molar-refractivity contribution in [2.75, 3.05) is 24.5 Å². The van der Waals surface area contributed by atoms with Crippen LogP contribution in [-0.2, 0) is 14.8 Å². The highest BCUT2D eigenvalue weighted by Crippen LogP contribution is 2.31. The van der Waals surface area contributed by atoms with E-state index in [0.717, 1.165) is 22.7 Å². The first-order chi connectivity index (χ1) is 14.8. The maximum Gasteiger partial charge on any atom is 0.264 e. The van der Waals surface area contributed by atoms with Crippen LogP contribution in [0.15, 0.2) is 51.8 Å². The second-order valence-corrected chi connectivity index (χ2v) is 10.7. The topological polar surface area (TPSA) is 75.7 Å². The molecule has 1 aliphatic rings. The number of benzene rings is 2. The lowest BCUT2D eigenvalue weighted by atomic mass is 9.89. The molecule has 0 aromatic heterocycles. The monoisotopic (exact) mass is 508 g/mol. The van der Waals surface area contributed by atoms with Crippen molar-refractivity contribution in [2.24, 2.45) is 5.92 Å². The van der Waals surface area contributed by atoms with Crippen LogP contribution in [0.25, 0.3) is 0 Å². The van der Waals surface area contributed by atoms with Crippen LogP contribution in [0.5, 0.6) is 5.75 Å². The molecule has 6 nitrogen and oxygen atoms in total. The molecule has 0 radical (unpaired) electrons. The maximum absolute atomic E-state index is 13.5. The Balaban J connectivity index is 1.84. The summed E-state index contributed by atoms with van der Waals surface area (Å²) in [7, 11) is -2.45. The zero-order valence-electron chi connectivity index (χ0n) is 17.9. The van der Waals surface area contributed by atoms with E-state index in [2.05, 4.69) is 21.2 Å². The second-order valence-electron chi connectivity index (χ2n) is 7.95. The highest BCUT2D eigenvalue weighted by molar-refractivity contribution is 9.10. The third kappa shape index (κ3) is 6.01. The number of anilines is 1. The second kappa shape index (κ2) is 10.5. The quantitative estimate of drug-likeness (QED) is 0.562. The third-order valence-electron chi connectivity index (χ3n) is 5.63. The van der Waals surface area contributed by atoms with Gasteiger partial charge in [0, 0.05) is 6.54 Å². The van der Waals surface area contributed by atoms with Crippen LogP contribution in [-0.4, -0.2) is 34.5 Å². The molecule has 0 bridgehead atoms. The smallest absolute Gasteiger partial charge is 0.264 e. The van der Waals surface area contributed by atoms with Gasteiger partial charge in [-0.15, -0.1) is 0 Å². The minimum absolute atomic E-state index is 0.0841. The van der Waals surface area contributed by atoms with Gasteiger partial charge in [0.2, 0.25) is 5.91 Å². The van der Waals surface area contributed by atoms with Crippen molar-refractivity contribution in [2.45, 2.75) is 43.9 Å². The number of carbonyl (C=O) groups is 1. The van der Waals surface area contributed by atoms with Crippen LogP contribution >= 0.6 is 15.9 Å². The minimum atomic E-state index is -3.97. The van der Waals surface area contributed by atoms with Crippen LogP contribution in [0.2, 0.25) is 0 Å². The van der Waals surface area contributed by atoms with Crippen molar-refractivity contribution in [3.05, 3.63) is 52.5 Å². The van der Waals surface area contributed by atoms with Crippen LogP contribution in [0.3, 0.4) is 0 Å². The number of rotatable bonds is 8. The lowest BCUT2D eigenvalue weighted by molar-refractivity contribution is -0.119. The number of methoxy groups -OCH3 is 1. The van der Waals surface area contributed by atoms with Gasteiger partial charge in [-0.3, -0.25) is 9.10 Å². The lowest BCUT2D eigenvalue weighted by Crippen LogP contribution is -2.42. The average molecular weight is 509 g/mol. The molecule has 0 aliphatic heterocycles. The summed E-state index contributed by atoms with van der Waals surface area (Å²) < 4.78 is 33.9. The molecule has 168 valence electrons. The van der Waals surface area contributed by atoms with Gasteiger partial charge in [-0.2, -0.15) is 0 Å². The number of ether oxygens (including phenoxy) is 1. The normalized spacial score (nSPS) is 14.8. The van der Waals surface area contributed by atoms with Crippen molar-refractivity contribution >= 4 is 37.5 Å². The lowest BCUT2D eigenvalue weighted by Gasteiger charge is -2.26. The first-order valence-electron chi connectivity index (χ1n) is 10.5. The standard InChI is InChI=1S/C23H29BrN2O4S/c1-17-8-10-19(11-9-17)26(16-23(27)25-15-18-6-4-3-5-7-18)31(28,29)20-12-13-22(30-2)21(24)14-20/h8-14,18H,3-7,15-16H2,1-2H3,(H,25,27). The zero-order valence-corrected chi connectivity index (χ0v) is 20.3. The molecule has 0 heterocycles. The summed E-state index contributed by atoms with van der Waals surface area (Å²) in [6, 6.07) is 11.7. The summed E-state index contributed by atoms with van der Waals surface area (Å²) in [6.07, 6.45) is 5.86. The number of nitrogens with one attached hydrogen (secondary N) is 1. The number of hydrogen-bond acceptors (Lipinski definition) is 4. The molecule has 0 saturated heterocycles. The fourth-order valence-electron chi connectivity index (χ4n) is 3.80. The fraction of sp³-hybridized carbons (Fsp3) is 0.435. The zero-order chi connectivity index (χ0) is 22.4. The molecule has 31 heavy (non-hydrogen) atoms. The summed E-state index contributed by atoms with van der Waals surface area (Å²) in [5.41, 5.74) is 1.46. The van der Waals surface area contributed by atoms with Gasteiger partial charge in [0.05, 0.1) is 22.2 Å². The first-order valence-corrected chi connectivity index (χ1v) is 12.7. The highest BCUT2D eigenvalue weighted by atomic mass is 79.9. The molecule has 1 aliphatic carbocycles. The van der Waals surface area contributed by atoms with Gasteiger partial charge in [-0.1, -0.05) is 37.0 Å². The predicted molar refractivity (Wildman–Crippen MR) is 126 cm³/mol. The Bertz CT molecular complexity index is 1000. The Morgan fingerprint density at radius 2 is 1.81 bits per heavy atom. The SMILES string of the molecule is COc1ccc(S(=O)(=O)N(CC(=O)NCC2CCCCC2)c2ccc(C)cc2)cc1Br. The Labute approximate surface area is 193 Å². The van der Waals surface area contributed by atoms with Crippen LogP contribution < -0.4 is 14.4 Å². The minimum Gasteiger partial charge on any atom is -0.496 e. The van der Waals surface area contributed by atoms with E-state index in [1.807, 2.05) is 19.1 Å². The largest absolute Gasteiger partial charge is 0.496 e. The van der Waals surface area contributed by atoms with Crippen LogP contribution in [0.1, 0.15) is 37.7 Å². The molecular formula is C23H29BrN2O4S. The molecule has 0 unspecified atom stereocenters. The Hall–Kier alpha value is -2.06. The Morgan fingerprint density at radius 3 is 2.42 bits per heavy atom. The molecule has 1 N–H and O–H groups in total. The van der Waals surface area contributed by atoms with E-state index in [0.29, 0.717) is 28.4 Å². The number of carbonyl (C=O) groups excluding carboxylic acids is 1. The number of aryl methyl sites for hydroxylation is 1. The van der Waals surface area contributed by atoms with Gasteiger partial charge in [-0.05, 0) is 71.9 Å². The number of nitrogens with zero attached hydrogens (tertiary/aromatic N) is 1. The Morgan fingerprint density at radius 1 is 1.13 bits per heavy atom. The van der Waals surface area contributed by atoms with Gasteiger partial charge in [0.25, 0.3) is 10.0 Å². The number of halogens is 1. The molecule has 8 heteroatoms. The van der Waals surface area contributed by atoms with Gasteiger partial charge in [0.15, 0.2) is 0 Å². The van der Waals surface area contributed by atoms with Gasteiger partial charge in [0.1, 0.15) is 12.3 Å². The van der Waals surface area contributed by atoms with E-state index in [4.69, 9.17) is 4.74 Å². The maximum atomic E-state index is 13.5. The van der Waals surface area contributed by atoms with E-state index in [-0.39, 0.29) is 17.3 Å². The summed E-state index contributed by atoms with van der Waals surface area (Å²) in [6.45, 7) is 2.25. The van der Waals surface area contributed by atoms with E-state index in [9.17, 15) is 13.2 Å². The van der Waals surface area contributed by atoms with E-state index < -0.39 is 10.0 Å². The molecule has 3 rings (SSSR count). The molecule has 0 spiro atoms. The van der Waals surface area contributed by atoms with E-state index >= 15 is 0 Å². The summed E-state index contributed by atoms with van der Waals surface area (Å²) in [5, 5.41) is 2.94. The average Bonchev–Trinajstić information content (AvgIpc) is 2.77. The van der Waals surface area contributed by atoms with Crippen molar-refractivity contribution in [3.8, 4) is 5.75 Å². The molecule has 2 aromatic carbocycles. The predicted octanol–water partition coefficient (Wildman–Crippen LogP) is 4.66. The van der Waals surface area contributed by atoms with Crippen molar-refractivity contribution < 1.29 is 17.9 Å². The molecule has 1 amide bonds. The molecule has 2 aromatic rings. The van der Waals surface area contributed by atoms with Crippen molar-refractivity contribution in [1.29, 1.82) is 0 Å². The molecule has 1 saturated carbocycles. The molecular weight excluding hydrogens is 480 g/mol. The van der Waals surface area contributed by atoms with Crippen LogP contribution in [0.4, 0.5) is 5.69 Å². The fourth-order valence-corrected chi connectivity index (χ4v) is 5.94. The van der Waals surface area contributed by atoms with Gasteiger partial charge in [-0.25, -0.2) is 8.42 Å². The highest BCUT2D eigenvalue weighted by Gasteiger charge is 2.28. The van der Waals surface area contributed by atoms with Crippen molar-refractivity contribution in [3.63, 3.8) is 0 Å². The number of sulfonamides is 1. The molecule has 0 atom stereocenters. The van der Waals surface area contributed by atoms with E-state index in [1.165, 1.54) is 38.5 Å². The molecule has 1 fully saturated rings. The summed E-state index contributed by atoms with van der Waals surface area (Å²) in [4.78, 5) is 12.8. The van der Waals surface area contributed by atoms with Crippen LogP contribution in [0, 0.1) is 12.8 Å². The van der Waals surface area contributed by atoms with E-state index in [1.54, 1.807) is 18.2 Å². The Kier molecular flexibility index (Phi) is 8.00. The summed E-state index contributed by atoms with van der Waals surface area (Å²) in [5.74, 6) is 0.702. The van der Waals surface area contributed by atoms with Gasteiger partial charge < -0.3 is 10.1 Å².